The smallest absolute Gasteiger partial charge is 0.179 e. The molecule has 0 aromatic heterocycles. The number of hydrogen-bond donors (Lipinski definition) is 1. The molecule has 0 amide bonds. The molecule has 0 fully saturated rings. The first kappa shape index (κ1) is 23.8. The molecule has 5 nitrogen and oxygen atoms in total. The first-order valence-corrected chi connectivity index (χ1v) is 12.7. The molecule has 0 bridgehead atoms. The standard InChI is InChI=1S/C25H34O5S/c1-4-6-14-25(5-2)18-31(27,28)22-13-12-20(30-16-15-29-3)17-21(22)23(24(25)26)19-10-8-7-9-11-19/h7-13,17,23-24,26H,4-6,14-16,18H2,1-3H3/t23-,24-,25+/m0/s1. The largest absolute Gasteiger partial charge is 0.491 e. The quantitative estimate of drug-likeness (QED) is 0.571. The summed E-state index contributed by atoms with van der Waals surface area (Å²) >= 11 is 0. The van der Waals surface area contributed by atoms with Crippen LogP contribution >= 0.6 is 0 Å². The highest BCUT2D eigenvalue weighted by Crippen LogP contribution is 2.49. The van der Waals surface area contributed by atoms with Crippen LogP contribution < -0.4 is 4.74 Å². The average molecular weight is 447 g/mol. The molecular weight excluding hydrogens is 412 g/mol. The van der Waals surface area contributed by atoms with Crippen LogP contribution in [0.15, 0.2) is 53.4 Å². The molecule has 1 N–H and O–H groups in total. The lowest BCUT2D eigenvalue weighted by molar-refractivity contribution is 0.0173. The molecule has 170 valence electrons. The molecule has 3 atom stereocenters. The number of aliphatic hydroxyl groups is 1. The number of sulfone groups is 1. The first-order valence-electron chi connectivity index (χ1n) is 11.1. The minimum Gasteiger partial charge on any atom is -0.491 e. The SMILES string of the molecule is CCCC[C@]1(CC)CS(=O)(=O)c2ccc(OCCOC)cc2[C@H](c2ccccc2)[C@@H]1O. The topological polar surface area (TPSA) is 72.8 Å². The molecule has 1 aliphatic heterocycles. The van der Waals surface area contributed by atoms with Crippen LogP contribution in [-0.4, -0.2) is 45.7 Å². The van der Waals surface area contributed by atoms with Gasteiger partial charge in [-0.25, -0.2) is 8.42 Å². The van der Waals surface area contributed by atoms with Gasteiger partial charge in [0.15, 0.2) is 9.84 Å². The van der Waals surface area contributed by atoms with Crippen molar-refractivity contribution >= 4 is 9.84 Å². The molecule has 1 aliphatic rings. The second-order valence-electron chi connectivity index (χ2n) is 8.45. The Bertz CT molecular complexity index is 957. The van der Waals surface area contributed by atoms with Gasteiger partial charge in [0, 0.05) is 18.4 Å². The van der Waals surface area contributed by atoms with Crippen molar-refractivity contribution in [2.75, 3.05) is 26.1 Å². The number of aliphatic hydroxyl groups excluding tert-OH is 1. The molecule has 0 unspecified atom stereocenters. The van der Waals surface area contributed by atoms with E-state index >= 15 is 0 Å². The Morgan fingerprint density at radius 3 is 2.48 bits per heavy atom. The number of unbranched alkanes of at least 4 members (excludes halogenated alkanes) is 1. The molecule has 0 saturated heterocycles. The normalized spacial score (nSPS) is 24.9. The van der Waals surface area contributed by atoms with Crippen LogP contribution in [-0.2, 0) is 14.6 Å². The number of methoxy groups -OCH3 is 1. The van der Waals surface area contributed by atoms with Crippen LogP contribution in [0.3, 0.4) is 0 Å². The fourth-order valence-corrected chi connectivity index (χ4v) is 6.96. The van der Waals surface area contributed by atoms with Crippen molar-refractivity contribution in [1.29, 1.82) is 0 Å². The summed E-state index contributed by atoms with van der Waals surface area (Å²) in [7, 11) is -1.98. The Hall–Kier alpha value is -1.89. The Morgan fingerprint density at radius 2 is 1.84 bits per heavy atom. The zero-order valence-corrected chi connectivity index (χ0v) is 19.5. The summed E-state index contributed by atoms with van der Waals surface area (Å²) in [6, 6.07) is 14.8. The van der Waals surface area contributed by atoms with Gasteiger partial charge in [-0.15, -0.1) is 0 Å². The predicted octanol–water partition coefficient (Wildman–Crippen LogP) is 4.58. The van der Waals surface area contributed by atoms with Gasteiger partial charge in [-0.1, -0.05) is 57.0 Å². The summed E-state index contributed by atoms with van der Waals surface area (Å²) < 4.78 is 37.9. The zero-order chi connectivity index (χ0) is 22.5. The number of ether oxygens (including phenoxy) is 2. The molecule has 3 rings (SSSR count). The molecule has 1 heterocycles. The summed E-state index contributed by atoms with van der Waals surface area (Å²) in [6.45, 7) is 4.89. The maximum absolute atomic E-state index is 13.6. The lowest BCUT2D eigenvalue weighted by Gasteiger charge is -2.39. The molecule has 2 aromatic rings. The lowest BCUT2D eigenvalue weighted by atomic mass is 9.69. The summed E-state index contributed by atoms with van der Waals surface area (Å²) in [5.74, 6) is 0.0886. The molecule has 2 aromatic carbocycles. The summed E-state index contributed by atoms with van der Waals surface area (Å²) in [4.78, 5) is 0.298. The van der Waals surface area contributed by atoms with Gasteiger partial charge in [-0.2, -0.15) is 0 Å². The fourth-order valence-electron chi connectivity index (χ4n) is 4.71. The Kier molecular flexibility index (Phi) is 7.78. The minimum absolute atomic E-state index is 0.0438. The minimum atomic E-state index is -3.58. The van der Waals surface area contributed by atoms with Crippen LogP contribution in [0.25, 0.3) is 0 Å². The van der Waals surface area contributed by atoms with Crippen molar-refractivity contribution in [2.24, 2.45) is 5.41 Å². The molecule has 0 saturated carbocycles. The van der Waals surface area contributed by atoms with Crippen LogP contribution in [0.2, 0.25) is 0 Å². The van der Waals surface area contributed by atoms with Crippen molar-refractivity contribution in [2.45, 2.75) is 56.4 Å². The van der Waals surface area contributed by atoms with Crippen molar-refractivity contribution < 1.29 is 23.0 Å². The molecule has 0 aliphatic carbocycles. The van der Waals surface area contributed by atoms with E-state index in [2.05, 4.69) is 6.92 Å². The van der Waals surface area contributed by atoms with Gasteiger partial charge < -0.3 is 14.6 Å². The first-order chi connectivity index (χ1) is 14.9. The molecule has 0 spiro atoms. The maximum atomic E-state index is 13.6. The Labute approximate surface area is 186 Å². The van der Waals surface area contributed by atoms with Crippen molar-refractivity contribution in [3.8, 4) is 5.75 Å². The summed E-state index contributed by atoms with van der Waals surface area (Å²) in [5, 5.41) is 11.8. The second-order valence-corrected chi connectivity index (χ2v) is 10.4. The summed E-state index contributed by atoms with van der Waals surface area (Å²) in [5.41, 5.74) is 0.822. The highest BCUT2D eigenvalue weighted by molar-refractivity contribution is 7.91. The zero-order valence-electron chi connectivity index (χ0n) is 18.7. The second kappa shape index (κ2) is 10.2. The van der Waals surface area contributed by atoms with E-state index in [0.717, 1.165) is 18.4 Å². The highest BCUT2D eigenvalue weighted by Gasteiger charge is 2.48. The van der Waals surface area contributed by atoms with Gasteiger partial charge in [0.1, 0.15) is 12.4 Å². The van der Waals surface area contributed by atoms with Crippen molar-refractivity contribution in [3.63, 3.8) is 0 Å². The van der Waals surface area contributed by atoms with E-state index in [0.29, 0.717) is 42.3 Å². The predicted molar refractivity (Wildman–Crippen MR) is 122 cm³/mol. The van der Waals surface area contributed by atoms with E-state index in [4.69, 9.17) is 9.47 Å². The maximum Gasteiger partial charge on any atom is 0.179 e. The Morgan fingerprint density at radius 1 is 1.10 bits per heavy atom. The van der Waals surface area contributed by atoms with Gasteiger partial charge in [-0.05, 0) is 42.2 Å². The van der Waals surface area contributed by atoms with Crippen molar-refractivity contribution in [3.05, 3.63) is 59.7 Å². The van der Waals surface area contributed by atoms with E-state index in [1.807, 2.05) is 37.3 Å². The lowest BCUT2D eigenvalue weighted by Crippen LogP contribution is -2.42. The molecule has 0 radical (unpaired) electrons. The molecule has 6 heteroatoms. The fraction of sp³-hybridized carbons (Fsp3) is 0.520. The third-order valence-corrected chi connectivity index (χ3v) is 8.52. The van der Waals surface area contributed by atoms with Gasteiger partial charge >= 0.3 is 0 Å². The van der Waals surface area contributed by atoms with Crippen LogP contribution in [0.1, 0.15) is 56.6 Å². The van der Waals surface area contributed by atoms with Gasteiger partial charge in [0.25, 0.3) is 0 Å². The van der Waals surface area contributed by atoms with E-state index in [1.54, 1.807) is 25.3 Å². The van der Waals surface area contributed by atoms with Gasteiger partial charge in [0.2, 0.25) is 0 Å². The Balaban J connectivity index is 2.19. The van der Waals surface area contributed by atoms with Crippen molar-refractivity contribution in [1.82, 2.24) is 0 Å². The summed E-state index contributed by atoms with van der Waals surface area (Å²) in [6.07, 6.45) is 2.28. The molecule has 31 heavy (non-hydrogen) atoms. The third kappa shape index (κ3) is 4.97. The number of benzene rings is 2. The van der Waals surface area contributed by atoms with Crippen LogP contribution in [0, 0.1) is 5.41 Å². The third-order valence-electron chi connectivity index (χ3n) is 6.52. The number of rotatable bonds is 9. The van der Waals surface area contributed by atoms with Crippen LogP contribution in [0.5, 0.6) is 5.75 Å². The van der Waals surface area contributed by atoms with Gasteiger partial charge in [-0.3, -0.25) is 0 Å². The van der Waals surface area contributed by atoms with Gasteiger partial charge in [0.05, 0.1) is 23.4 Å². The number of fused-ring (bicyclic) bond motifs is 1. The monoisotopic (exact) mass is 446 g/mol. The van der Waals surface area contributed by atoms with E-state index in [-0.39, 0.29) is 5.75 Å². The highest BCUT2D eigenvalue weighted by atomic mass is 32.2. The number of hydrogen-bond acceptors (Lipinski definition) is 5. The molecular formula is C25H34O5S. The van der Waals surface area contributed by atoms with E-state index in [9.17, 15) is 13.5 Å². The average Bonchev–Trinajstić information content (AvgIpc) is 2.84. The van der Waals surface area contributed by atoms with E-state index < -0.39 is 27.3 Å². The van der Waals surface area contributed by atoms with E-state index in [1.165, 1.54) is 0 Å². The van der Waals surface area contributed by atoms with Crippen LogP contribution in [0.4, 0.5) is 0 Å².